The molecule has 0 aliphatic carbocycles. The summed E-state index contributed by atoms with van der Waals surface area (Å²) < 4.78 is 15.8. The van der Waals surface area contributed by atoms with Crippen LogP contribution in [0.4, 0.5) is 0 Å². The number of rotatable bonds is 6. The fourth-order valence-electron chi connectivity index (χ4n) is 1.33. The Morgan fingerprint density at radius 1 is 1.11 bits per heavy atom. The molecule has 0 saturated heterocycles. The highest BCUT2D eigenvalue weighted by molar-refractivity contribution is 5.40. The second kappa shape index (κ2) is 6.18. The van der Waals surface area contributed by atoms with Crippen molar-refractivity contribution in [2.45, 2.75) is 20.1 Å². The van der Waals surface area contributed by atoms with Crippen molar-refractivity contribution in [3.05, 3.63) is 24.4 Å². The molecule has 0 aliphatic rings. The molecule has 2 aromatic heterocycles. The summed E-state index contributed by atoms with van der Waals surface area (Å²) in [4.78, 5) is 12.2. The molecule has 18 heavy (non-hydrogen) atoms. The molecule has 0 saturated carbocycles. The van der Waals surface area contributed by atoms with Crippen molar-refractivity contribution >= 4 is 0 Å². The highest BCUT2D eigenvalue weighted by Crippen LogP contribution is 2.19. The average Bonchev–Trinajstić information content (AvgIpc) is 2.89. The molecule has 0 atom stereocenters. The molecule has 2 rings (SSSR count). The van der Waals surface area contributed by atoms with E-state index in [9.17, 15) is 0 Å². The van der Waals surface area contributed by atoms with Gasteiger partial charge in [-0.3, -0.25) is 0 Å². The van der Waals surface area contributed by atoms with Gasteiger partial charge in [-0.05, 0) is 19.9 Å². The summed E-state index contributed by atoms with van der Waals surface area (Å²) in [5, 5.41) is 3.80. The molecule has 0 spiro atoms. The molecule has 0 amide bonds. The van der Waals surface area contributed by atoms with Gasteiger partial charge in [0.1, 0.15) is 0 Å². The third kappa shape index (κ3) is 2.88. The van der Waals surface area contributed by atoms with Gasteiger partial charge in [-0.2, -0.15) is 4.98 Å². The highest BCUT2D eigenvalue weighted by Gasteiger charge is 2.20. The topological polar surface area (TPSA) is 83.2 Å². The standard InChI is InChI=1S/C11H14N4O3/c1-3-16-11(17-4-2)10-14-9(15-18-10)8-12-6-5-7-13-8/h5-7,11H,3-4H2,1-2H3. The predicted molar refractivity (Wildman–Crippen MR) is 61.3 cm³/mol. The molecule has 2 heterocycles. The van der Waals surface area contributed by atoms with Crippen molar-refractivity contribution in [2.75, 3.05) is 13.2 Å². The molecule has 7 heteroatoms. The fourth-order valence-corrected chi connectivity index (χ4v) is 1.33. The van der Waals surface area contributed by atoms with Crippen molar-refractivity contribution in [2.24, 2.45) is 0 Å². The predicted octanol–water partition coefficient (Wildman–Crippen LogP) is 1.60. The second-order valence-corrected chi connectivity index (χ2v) is 3.27. The van der Waals surface area contributed by atoms with E-state index < -0.39 is 6.29 Å². The van der Waals surface area contributed by atoms with Crippen LogP contribution in [-0.4, -0.2) is 33.3 Å². The zero-order valence-electron chi connectivity index (χ0n) is 10.2. The number of hydrogen-bond acceptors (Lipinski definition) is 7. The monoisotopic (exact) mass is 250 g/mol. The van der Waals surface area contributed by atoms with E-state index in [0.29, 0.717) is 24.9 Å². The first-order valence-corrected chi connectivity index (χ1v) is 5.69. The maximum atomic E-state index is 5.36. The summed E-state index contributed by atoms with van der Waals surface area (Å²) in [7, 11) is 0. The van der Waals surface area contributed by atoms with Crippen LogP contribution in [0.15, 0.2) is 23.0 Å². The summed E-state index contributed by atoms with van der Waals surface area (Å²) in [5.74, 6) is 0.982. The highest BCUT2D eigenvalue weighted by atomic mass is 16.7. The molecule has 0 fully saturated rings. The van der Waals surface area contributed by atoms with Crippen molar-refractivity contribution < 1.29 is 14.0 Å². The van der Waals surface area contributed by atoms with E-state index in [1.165, 1.54) is 0 Å². The summed E-state index contributed by atoms with van der Waals surface area (Å²) in [6.07, 6.45) is 2.58. The Morgan fingerprint density at radius 2 is 1.78 bits per heavy atom. The summed E-state index contributed by atoms with van der Waals surface area (Å²) in [5.41, 5.74) is 0. The minimum atomic E-state index is -0.648. The Kier molecular flexibility index (Phi) is 4.32. The first-order chi connectivity index (χ1) is 8.85. The van der Waals surface area contributed by atoms with Crippen LogP contribution >= 0.6 is 0 Å². The molecule has 7 nitrogen and oxygen atoms in total. The van der Waals surface area contributed by atoms with Crippen LogP contribution in [0.3, 0.4) is 0 Å². The average molecular weight is 250 g/mol. The van der Waals surface area contributed by atoms with Gasteiger partial charge in [-0.15, -0.1) is 0 Å². The Morgan fingerprint density at radius 3 is 2.39 bits per heavy atom. The number of aromatic nitrogens is 4. The van der Waals surface area contributed by atoms with Gasteiger partial charge in [0, 0.05) is 25.6 Å². The Hall–Kier alpha value is -1.86. The van der Waals surface area contributed by atoms with Crippen LogP contribution in [0.2, 0.25) is 0 Å². The van der Waals surface area contributed by atoms with Gasteiger partial charge in [0.05, 0.1) is 0 Å². The van der Waals surface area contributed by atoms with E-state index in [2.05, 4.69) is 20.1 Å². The summed E-state index contributed by atoms with van der Waals surface area (Å²) >= 11 is 0. The zero-order valence-corrected chi connectivity index (χ0v) is 10.2. The minimum Gasteiger partial charge on any atom is -0.345 e. The first-order valence-electron chi connectivity index (χ1n) is 5.69. The minimum absolute atomic E-state index is 0.265. The Balaban J connectivity index is 2.18. The molecular weight excluding hydrogens is 236 g/mol. The molecule has 0 radical (unpaired) electrons. The van der Waals surface area contributed by atoms with Crippen LogP contribution in [-0.2, 0) is 9.47 Å². The van der Waals surface area contributed by atoms with Gasteiger partial charge >= 0.3 is 0 Å². The van der Waals surface area contributed by atoms with Crippen LogP contribution < -0.4 is 0 Å². The van der Waals surface area contributed by atoms with Gasteiger partial charge in [-0.1, -0.05) is 5.16 Å². The van der Waals surface area contributed by atoms with Gasteiger partial charge < -0.3 is 14.0 Å². The van der Waals surface area contributed by atoms with Gasteiger partial charge in [0.15, 0.2) is 0 Å². The molecule has 2 aromatic rings. The lowest BCUT2D eigenvalue weighted by atomic mass is 10.5. The Bertz CT molecular complexity index is 468. The quantitative estimate of drug-likeness (QED) is 0.720. The largest absolute Gasteiger partial charge is 0.345 e. The number of nitrogens with zero attached hydrogens (tertiary/aromatic N) is 4. The van der Waals surface area contributed by atoms with Gasteiger partial charge in [0.25, 0.3) is 5.89 Å². The van der Waals surface area contributed by atoms with Crippen molar-refractivity contribution in [3.8, 4) is 11.6 Å². The lowest BCUT2D eigenvalue weighted by Gasteiger charge is -2.11. The first kappa shape index (κ1) is 12.6. The fraction of sp³-hybridized carbons (Fsp3) is 0.455. The van der Waals surface area contributed by atoms with Crippen molar-refractivity contribution in [1.29, 1.82) is 0 Å². The molecule has 0 N–H and O–H groups in total. The molecule has 0 bridgehead atoms. The van der Waals surface area contributed by atoms with Crippen molar-refractivity contribution in [3.63, 3.8) is 0 Å². The normalized spacial score (nSPS) is 11.1. The molecular formula is C11H14N4O3. The zero-order chi connectivity index (χ0) is 12.8. The van der Waals surface area contributed by atoms with Gasteiger partial charge in [-0.25, -0.2) is 9.97 Å². The lowest BCUT2D eigenvalue weighted by molar-refractivity contribution is -0.155. The van der Waals surface area contributed by atoms with Gasteiger partial charge in [0.2, 0.25) is 17.9 Å². The smallest absolute Gasteiger partial charge is 0.284 e. The maximum absolute atomic E-state index is 5.36. The van der Waals surface area contributed by atoms with Crippen LogP contribution in [0.5, 0.6) is 0 Å². The number of ether oxygens (including phenoxy) is 2. The summed E-state index contributed by atoms with van der Waals surface area (Å²) in [6, 6.07) is 1.72. The second-order valence-electron chi connectivity index (χ2n) is 3.27. The van der Waals surface area contributed by atoms with E-state index in [4.69, 9.17) is 14.0 Å². The van der Waals surface area contributed by atoms with E-state index in [1.807, 2.05) is 13.8 Å². The third-order valence-electron chi connectivity index (χ3n) is 2.05. The van der Waals surface area contributed by atoms with Crippen LogP contribution in [0.25, 0.3) is 11.6 Å². The SMILES string of the molecule is CCOC(OCC)c1nc(-c2ncccn2)no1. The molecule has 0 aliphatic heterocycles. The molecule has 0 unspecified atom stereocenters. The van der Waals surface area contributed by atoms with Crippen LogP contribution in [0.1, 0.15) is 26.0 Å². The maximum Gasteiger partial charge on any atom is 0.284 e. The lowest BCUT2D eigenvalue weighted by Crippen LogP contribution is -2.09. The van der Waals surface area contributed by atoms with E-state index in [-0.39, 0.29) is 5.89 Å². The van der Waals surface area contributed by atoms with E-state index in [0.717, 1.165) is 0 Å². The third-order valence-corrected chi connectivity index (χ3v) is 2.05. The Labute approximate surface area is 104 Å². The van der Waals surface area contributed by atoms with E-state index in [1.54, 1.807) is 18.5 Å². The van der Waals surface area contributed by atoms with Crippen molar-refractivity contribution in [1.82, 2.24) is 20.1 Å². The number of hydrogen-bond donors (Lipinski definition) is 0. The van der Waals surface area contributed by atoms with E-state index >= 15 is 0 Å². The van der Waals surface area contributed by atoms with Crippen LogP contribution in [0, 0.1) is 0 Å². The molecule has 0 aromatic carbocycles. The molecule has 96 valence electrons. The summed E-state index contributed by atoms with van der Waals surface area (Å²) in [6.45, 7) is 4.71.